The highest BCUT2D eigenvalue weighted by Crippen LogP contribution is 2.50. The van der Waals surface area contributed by atoms with E-state index in [4.69, 9.17) is 28.0 Å². The van der Waals surface area contributed by atoms with Gasteiger partial charge in [0.1, 0.15) is 5.71 Å². The lowest BCUT2D eigenvalue weighted by Crippen LogP contribution is -2.42. The molecule has 0 saturated heterocycles. The van der Waals surface area contributed by atoms with E-state index in [0.717, 1.165) is 10.4 Å². The molecule has 0 fully saturated rings. The van der Waals surface area contributed by atoms with E-state index in [2.05, 4.69) is 20.4 Å². The number of hydrogen-bond donors (Lipinski definition) is 1. The zero-order valence-electron chi connectivity index (χ0n) is 16.9. The molecular weight excluding hydrogens is 500 g/mol. The van der Waals surface area contributed by atoms with E-state index in [1.807, 2.05) is 0 Å². The van der Waals surface area contributed by atoms with Crippen molar-refractivity contribution in [2.45, 2.75) is 31.7 Å². The molecule has 1 atom stereocenters. The van der Waals surface area contributed by atoms with Gasteiger partial charge in [-0.25, -0.2) is 9.97 Å². The van der Waals surface area contributed by atoms with E-state index < -0.39 is 24.1 Å². The number of oxime groups is 1. The van der Waals surface area contributed by atoms with Crippen molar-refractivity contribution in [1.82, 2.24) is 15.3 Å². The van der Waals surface area contributed by atoms with Gasteiger partial charge < -0.3 is 10.2 Å². The van der Waals surface area contributed by atoms with Crippen molar-refractivity contribution >= 4 is 46.2 Å². The molecule has 2 aromatic heterocycles. The molecule has 1 aliphatic rings. The standard InChI is InChI=1S/C21H15Cl2F3N4O2S/c1-11-5-16(33-17(11)10-29-19(31)18-27-3-2-4-28-18)15-9-20(32-30-15,21(24,25)26)12-6-13(22)8-14(23)7-12/h2-8H,9-10H2,1H3,(H,29,31). The number of hydrogen-bond acceptors (Lipinski definition) is 6. The van der Waals surface area contributed by atoms with Crippen molar-refractivity contribution in [2.75, 3.05) is 0 Å². The predicted molar refractivity (Wildman–Crippen MR) is 119 cm³/mol. The minimum absolute atomic E-state index is 0.0237. The van der Waals surface area contributed by atoms with Crippen LogP contribution in [-0.2, 0) is 17.0 Å². The molecule has 6 nitrogen and oxygen atoms in total. The van der Waals surface area contributed by atoms with Crippen molar-refractivity contribution in [1.29, 1.82) is 0 Å². The normalized spacial score (nSPS) is 18.1. The molecule has 0 radical (unpaired) electrons. The number of alkyl halides is 3. The first-order valence-corrected chi connectivity index (χ1v) is 11.1. The third kappa shape index (κ3) is 4.68. The van der Waals surface area contributed by atoms with Crippen LogP contribution < -0.4 is 5.32 Å². The molecule has 172 valence electrons. The van der Waals surface area contributed by atoms with Crippen LogP contribution in [0.3, 0.4) is 0 Å². The van der Waals surface area contributed by atoms with Crippen molar-refractivity contribution in [3.63, 3.8) is 0 Å². The molecule has 0 saturated carbocycles. The zero-order valence-corrected chi connectivity index (χ0v) is 19.2. The number of carbonyl (C=O) groups excluding carboxylic acids is 1. The lowest BCUT2D eigenvalue weighted by molar-refractivity contribution is -0.275. The summed E-state index contributed by atoms with van der Waals surface area (Å²) in [5.74, 6) is -0.434. The molecule has 0 aliphatic carbocycles. The van der Waals surface area contributed by atoms with Gasteiger partial charge in [-0.05, 0) is 42.8 Å². The number of aryl methyl sites for hydroxylation is 1. The number of rotatable bonds is 5. The highest BCUT2D eigenvalue weighted by Gasteiger charge is 2.62. The van der Waals surface area contributed by atoms with Gasteiger partial charge in [-0.3, -0.25) is 4.79 Å². The first-order valence-electron chi connectivity index (χ1n) is 9.52. The van der Waals surface area contributed by atoms with Gasteiger partial charge in [-0.2, -0.15) is 13.2 Å². The fourth-order valence-electron chi connectivity index (χ4n) is 3.32. The van der Waals surface area contributed by atoms with Gasteiger partial charge in [0.15, 0.2) is 0 Å². The van der Waals surface area contributed by atoms with E-state index in [1.54, 1.807) is 19.1 Å². The zero-order chi connectivity index (χ0) is 23.8. The summed E-state index contributed by atoms with van der Waals surface area (Å²) >= 11 is 13.1. The summed E-state index contributed by atoms with van der Waals surface area (Å²) in [5, 5.41) is 6.60. The molecule has 3 heterocycles. The maximum Gasteiger partial charge on any atom is 0.435 e. The van der Waals surface area contributed by atoms with Crippen LogP contribution in [0.25, 0.3) is 0 Å². The number of aromatic nitrogens is 2. The van der Waals surface area contributed by atoms with Crippen molar-refractivity contribution < 1.29 is 22.8 Å². The fourth-order valence-corrected chi connectivity index (χ4v) is 4.94. The molecule has 4 rings (SSSR count). The molecule has 1 aromatic carbocycles. The van der Waals surface area contributed by atoms with Gasteiger partial charge in [0.05, 0.1) is 17.8 Å². The molecular formula is C21H15Cl2F3N4O2S. The minimum Gasteiger partial charge on any atom is -0.374 e. The molecule has 0 spiro atoms. The number of halogens is 5. The summed E-state index contributed by atoms with van der Waals surface area (Å²) in [7, 11) is 0. The minimum atomic E-state index is -4.77. The Hall–Kier alpha value is -2.69. The summed E-state index contributed by atoms with van der Waals surface area (Å²) in [4.78, 5) is 26.2. The smallest absolute Gasteiger partial charge is 0.374 e. The van der Waals surface area contributed by atoms with Crippen LogP contribution in [0.4, 0.5) is 13.2 Å². The summed E-state index contributed by atoms with van der Waals surface area (Å²) in [6, 6.07) is 6.99. The maximum absolute atomic E-state index is 14.2. The second-order valence-electron chi connectivity index (χ2n) is 7.26. The van der Waals surface area contributed by atoms with Gasteiger partial charge in [-0.15, -0.1) is 11.3 Å². The van der Waals surface area contributed by atoms with Crippen LogP contribution >= 0.6 is 34.5 Å². The number of nitrogens with one attached hydrogen (secondary N) is 1. The van der Waals surface area contributed by atoms with Crippen LogP contribution in [0.15, 0.2) is 47.9 Å². The SMILES string of the molecule is Cc1cc(C2=NOC(c3cc(Cl)cc(Cl)c3)(C(F)(F)F)C2)sc1CNC(=O)c1ncccn1. The maximum atomic E-state index is 14.2. The number of carbonyl (C=O) groups is 1. The second kappa shape index (κ2) is 8.92. The monoisotopic (exact) mass is 514 g/mol. The molecule has 0 bridgehead atoms. The van der Waals surface area contributed by atoms with E-state index in [9.17, 15) is 18.0 Å². The fraction of sp³-hybridized carbons (Fsp3) is 0.238. The van der Waals surface area contributed by atoms with Gasteiger partial charge >= 0.3 is 6.18 Å². The molecule has 1 aliphatic heterocycles. The van der Waals surface area contributed by atoms with Gasteiger partial charge in [0.2, 0.25) is 5.82 Å². The van der Waals surface area contributed by atoms with Crippen molar-refractivity contribution in [3.8, 4) is 0 Å². The topological polar surface area (TPSA) is 76.5 Å². The van der Waals surface area contributed by atoms with Gasteiger partial charge in [0.25, 0.3) is 11.5 Å². The largest absolute Gasteiger partial charge is 0.435 e. The van der Waals surface area contributed by atoms with Gasteiger partial charge in [0, 0.05) is 32.9 Å². The Morgan fingerprint density at radius 2 is 1.85 bits per heavy atom. The summed E-state index contributed by atoms with van der Waals surface area (Å²) in [5.41, 5.74) is -1.99. The Kier molecular flexibility index (Phi) is 6.35. The third-order valence-electron chi connectivity index (χ3n) is 5.00. The number of nitrogens with zero attached hydrogens (tertiary/aromatic N) is 3. The first-order chi connectivity index (χ1) is 15.6. The molecule has 1 N–H and O–H groups in total. The quantitative estimate of drug-likeness (QED) is 0.476. The molecule has 1 amide bonds. The Morgan fingerprint density at radius 3 is 2.48 bits per heavy atom. The van der Waals surface area contributed by atoms with Crippen molar-refractivity contribution in [3.05, 3.63) is 79.5 Å². The highest BCUT2D eigenvalue weighted by molar-refractivity contribution is 7.14. The highest BCUT2D eigenvalue weighted by atomic mass is 35.5. The Balaban J connectivity index is 1.55. The Labute approximate surface area is 200 Å². The first kappa shape index (κ1) is 23.5. The average molecular weight is 515 g/mol. The Bertz CT molecular complexity index is 1210. The van der Waals surface area contributed by atoms with Crippen LogP contribution in [0.2, 0.25) is 10.0 Å². The van der Waals surface area contributed by atoms with E-state index in [1.165, 1.54) is 41.9 Å². The van der Waals surface area contributed by atoms with Gasteiger partial charge in [-0.1, -0.05) is 28.4 Å². The molecule has 33 heavy (non-hydrogen) atoms. The van der Waals surface area contributed by atoms with Crippen molar-refractivity contribution in [2.24, 2.45) is 5.16 Å². The average Bonchev–Trinajstić information content (AvgIpc) is 3.36. The lowest BCUT2D eigenvalue weighted by atomic mass is 9.88. The number of amides is 1. The van der Waals surface area contributed by atoms with Crippen LogP contribution in [0, 0.1) is 6.92 Å². The summed E-state index contributed by atoms with van der Waals surface area (Å²) in [6.07, 6.45) is -2.41. The summed E-state index contributed by atoms with van der Waals surface area (Å²) in [6.45, 7) is 1.96. The van der Waals surface area contributed by atoms with E-state index in [-0.39, 0.29) is 33.7 Å². The number of benzene rings is 1. The van der Waals surface area contributed by atoms with Crippen LogP contribution in [0.1, 0.15) is 37.9 Å². The van der Waals surface area contributed by atoms with E-state index >= 15 is 0 Å². The van der Waals surface area contributed by atoms with E-state index in [0.29, 0.717) is 4.88 Å². The third-order valence-corrected chi connectivity index (χ3v) is 6.72. The number of thiophene rings is 1. The Morgan fingerprint density at radius 1 is 1.18 bits per heavy atom. The molecule has 1 unspecified atom stereocenters. The lowest BCUT2D eigenvalue weighted by Gasteiger charge is -2.29. The van der Waals surface area contributed by atoms with Crippen LogP contribution in [-0.4, -0.2) is 27.8 Å². The van der Waals surface area contributed by atoms with Crippen LogP contribution in [0.5, 0.6) is 0 Å². The second-order valence-corrected chi connectivity index (χ2v) is 9.27. The predicted octanol–water partition coefficient (Wildman–Crippen LogP) is 5.67. The molecule has 3 aromatic rings. The molecule has 12 heteroatoms. The summed E-state index contributed by atoms with van der Waals surface area (Å²) < 4.78 is 42.5.